The summed E-state index contributed by atoms with van der Waals surface area (Å²) >= 11 is 11.4. The Labute approximate surface area is 582 Å². The van der Waals surface area contributed by atoms with Gasteiger partial charge < -0.3 is 65.4 Å². The number of benzene rings is 6. The van der Waals surface area contributed by atoms with E-state index in [0.717, 1.165) is 0 Å². The van der Waals surface area contributed by atoms with E-state index in [9.17, 15) is 47.9 Å². The summed E-state index contributed by atoms with van der Waals surface area (Å²) in [5.41, 5.74) is 3.16. The molecule has 0 unspecified atom stereocenters. The van der Waals surface area contributed by atoms with Gasteiger partial charge in [0.25, 0.3) is 0 Å². The molecule has 0 spiro atoms. The average Bonchev–Trinajstić information content (AvgIpc) is 0.830. The number of anilines is 3. The molecule has 0 aliphatic rings. The number of ether oxygens (including phenoxy) is 7. The predicted octanol–water partition coefficient (Wildman–Crippen LogP) is 12.9. The number of aliphatic hydroxyl groups is 1. The molecule has 0 aromatic heterocycles. The number of hydrogen-bond acceptors (Lipinski definition) is 29. The smallest absolute Gasteiger partial charge is 0.460 e. The lowest BCUT2D eigenvalue weighted by atomic mass is 10.3. The molecule has 0 saturated carbocycles. The lowest BCUT2D eigenvalue weighted by Gasteiger charge is -2.23. The summed E-state index contributed by atoms with van der Waals surface area (Å²) in [5.74, 6) is -0.708. The summed E-state index contributed by atoms with van der Waals surface area (Å²) in [7, 11) is 0. The van der Waals surface area contributed by atoms with E-state index in [2.05, 4.69) is 62.0 Å². The number of amides is 3. The fraction of sp³-hybridized carbons (Fsp3) is 0.182. The van der Waals surface area contributed by atoms with Crippen molar-refractivity contribution in [2.75, 3.05) is 68.8 Å². The molecule has 6 aromatic rings. The van der Waals surface area contributed by atoms with Gasteiger partial charge in [-0.05, 0) is 173 Å². The number of hydrogen-bond donors (Lipinski definition) is 4. The number of nitrogens with zero attached hydrogens (tertiary/aromatic N) is 3. The van der Waals surface area contributed by atoms with Gasteiger partial charge in [-0.2, -0.15) is 15.0 Å². The molecule has 0 aliphatic carbocycles. The van der Waals surface area contributed by atoms with Crippen molar-refractivity contribution in [1.82, 2.24) is 0 Å². The van der Waals surface area contributed by atoms with Gasteiger partial charge in [0, 0.05) is 63.0 Å². The van der Waals surface area contributed by atoms with E-state index in [-0.39, 0.29) is 86.8 Å². The molecule has 524 valence electrons. The average molecular weight is 1450 g/mol. The third-order valence-corrected chi connectivity index (χ3v) is 15.0. The van der Waals surface area contributed by atoms with Gasteiger partial charge in [0.1, 0.15) is 80.7 Å². The predicted molar refractivity (Wildman–Crippen MR) is 369 cm³/mol. The van der Waals surface area contributed by atoms with E-state index < -0.39 is 55.6 Å². The Kier molecular flexibility index (Phi) is 34.4. The first kappa shape index (κ1) is 80.6. The SMILES string of the molecule is C=C(C)C(=O)OCCO.C=C(C)C(=O)OCCOC(=O)Nc1ccc(OP(=S)(Oc2ccc(NC(=O)OCCOC(=O)C(=C)C)cc2)Oc2ccc(NC(=O)OCCOC(=O)C(=C)C)cc2)cc1.O=C=Nc1ccc(OP(=S)(Oc2ccc(N=C=O)cc2)Oc2ccc(N=C=O)cc2)cc1. The fourth-order valence-corrected chi connectivity index (χ4v) is 10.5. The highest BCUT2D eigenvalue weighted by molar-refractivity contribution is 8.08. The van der Waals surface area contributed by atoms with Crippen LogP contribution in [0.5, 0.6) is 34.5 Å². The van der Waals surface area contributed by atoms with E-state index in [1.165, 1.54) is 112 Å². The van der Waals surface area contributed by atoms with Crippen LogP contribution in [-0.2, 0) is 90.3 Å². The molecule has 0 aliphatic heterocycles. The number of aliphatic imine (C=N–C) groups is 3. The molecule has 0 atom stereocenters. The van der Waals surface area contributed by atoms with Gasteiger partial charge >= 0.3 is 55.6 Å². The van der Waals surface area contributed by atoms with Crippen molar-refractivity contribution in [3.63, 3.8) is 0 Å². The van der Waals surface area contributed by atoms with E-state index in [4.69, 9.17) is 84.3 Å². The zero-order valence-electron chi connectivity index (χ0n) is 53.7. The molecule has 0 heterocycles. The number of isocyanates is 3. The minimum Gasteiger partial charge on any atom is -0.460 e. The van der Waals surface area contributed by atoms with E-state index in [0.29, 0.717) is 56.9 Å². The zero-order chi connectivity index (χ0) is 73.5. The molecular weight excluding hydrogens is 1390 g/mol. The second-order valence-electron chi connectivity index (χ2n) is 19.3. The first-order chi connectivity index (χ1) is 47.7. The normalized spacial score (nSPS) is 10.6. The van der Waals surface area contributed by atoms with Crippen LogP contribution in [0.15, 0.2) is 209 Å². The van der Waals surface area contributed by atoms with Crippen LogP contribution in [-0.4, -0.2) is 118 Å². The van der Waals surface area contributed by atoms with Gasteiger partial charge in [-0.1, -0.05) is 26.3 Å². The Hall–Kier alpha value is -11.8. The standard InChI is InChI=1S/C39H42N3O15PS.C21H12N3O6PS.C6H10O3/c1-25(2)34(43)49-19-22-52-37(46)40-28-7-13-31(14-8-28)55-58(59,56-32-15-9-29(10-16-32)41-38(47)53-23-20-50-35(44)26(3)4)57-33-17-11-30(12-18-33)42-39(48)54-24-21-51-36(45)27(5)6;25-13-22-16-1-7-19(8-2-16)28-31(32,29-20-9-3-17(4-10-20)23-14-26)30-21-11-5-18(6-12-21)24-15-27;1-5(2)6(8)9-4-3-7/h7-18H,1,3,5,19-24H2,2,4,6H3,(H,40,46)(H,41,47)(H,42,48);1-12H;7H,1,3-4H2,2H3. The quantitative estimate of drug-likeness (QED) is 0.00565. The Morgan fingerprint density at radius 3 is 0.730 bits per heavy atom. The van der Waals surface area contributed by atoms with Gasteiger partial charge in [0.2, 0.25) is 18.2 Å². The van der Waals surface area contributed by atoms with Crippen LogP contribution in [0.4, 0.5) is 48.5 Å². The summed E-state index contributed by atoms with van der Waals surface area (Å²) in [5, 5.41) is 15.8. The van der Waals surface area contributed by atoms with Crippen LogP contribution in [0, 0.1) is 0 Å². The molecule has 3 amide bonds. The van der Waals surface area contributed by atoms with Crippen molar-refractivity contribution in [3.8, 4) is 34.5 Å². The van der Waals surface area contributed by atoms with E-state index >= 15 is 0 Å². The van der Waals surface area contributed by atoms with Crippen LogP contribution in [0.2, 0.25) is 0 Å². The summed E-state index contributed by atoms with van der Waals surface area (Å²) in [6.07, 6.45) is 1.96. The Balaban J connectivity index is 0.000000428. The highest BCUT2D eigenvalue weighted by Gasteiger charge is 2.29. The molecule has 0 saturated heterocycles. The first-order valence-electron chi connectivity index (χ1n) is 28.7. The molecule has 100 heavy (non-hydrogen) atoms. The van der Waals surface area contributed by atoms with Crippen molar-refractivity contribution < 1.29 is 113 Å². The zero-order valence-corrected chi connectivity index (χ0v) is 57.2. The molecule has 0 radical (unpaired) electrons. The lowest BCUT2D eigenvalue weighted by Crippen LogP contribution is -2.18. The van der Waals surface area contributed by atoms with Crippen molar-refractivity contribution in [2.24, 2.45) is 15.0 Å². The van der Waals surface area contributed by atoms with Crippen LogP contribution < -0.4 is 43.1 Å². The minimum atomic E-state index is -3.76. The maximum absolute atomic E-state index is 12.2. The topological polar surface area (TPSA) is 384 Å². The van der Waals surface area contributed by atoms with Gasteiger partial charge in [-0.3, -0.25) is 16.0 Å². The second kappa shape index (κ2) is 42.7. The molecule has 0 fully saturated rings. The number of carbonyl (C=O) groups excluding carboxylic acids is 10. The summed E-state index contributed by atoms with van der Waals surface area (Å²) in [6, 6.07) is 36.5. The minimum absolute atomic E-state index is 0.0473. The second-order valence-corrected chi connectivity index (χ2v) is 24.8. The largest absolute Gasteiger partial charge is 0.490 e. The number of rotatable bonds is 33. The van der Waals surface area contributed by atoms with E-state index in [1.807, 2.05) is 0 Å². The first-order valence-corrected chi connectivity index (χ1v) is 33.8. The molecule has 34 heteroatoms. The Morgan fingerprint density at radius 1 is 0.350 bits per heavy atom. The van der Waals surface area contributed by atoms with Gasteiger partial charge in [0.05, 0.1) is 23.7 Å². The highest BCUT2D eigenvalue weighted by atomic mass is 32.5. The number of nitrogens with one attached hydrogen (secondary N) is 3. The van der Waals surface area contributed by atoms with Gasteiger partial charge in [0.15, 0.2) is 0 Å². The van der Waals surface area contributed by atoms with Crippen LogP contribution >= 0.6 is 13.4 Å². The van der Waals surface area contributed by atoms with Crippen LogP contribution in [0.3, 0.4) is 0 Å². The van der Waals surface area contributed by atoms with Gasteiger partial charge in [-0.15, -0.1) is 0 Å². The lowest BCUT2D eigenvalue weighted by molar-refractivity contribution is -0.140. The molecule has 4 N–H and O–H groups in total. The maximum Gasteiger partial charge on any atom is 0.490 e. The van der Waals surface area contributed by atoms with Crippen LogP contribution in [0.1, 0.15) is 27.7 Å². The summed E-state index contributed by atoms with van der Waals surface area (Å²) in [6.45, 7) is 11.5. The van der Waals surface area contributed by atoms with Crippen molar-refractivity contribution in [2.45, 2.75) is 27.7 Å². The van der Waals surface area contributed by atoms with Crippen molar-refractivity contribution >= 4 is 132 Å². The fourth-order valence-electron chi connectivity index (χ4n) is 6.49. The molecule has 30 nitrogen and oxygen atoms in total. The molecule has 6 aromatic carbocycles. The summed E-state index contributed by atoms with van der Waals surface area (Å²) in [4.78, 5) is 123. The Bertz CT molecular complexity index is 3710. The van der Waals surface area contributed by atoms with Crippen molar-refractivity contribution in [3.05, 3.63) is 194 Å². The van der Waals surface area contributed by atoms with E-state index in [1.54, 1.807) is 79.7 Å². The number of aliphatic hydroxyl groups excluding tert-OH is 1. The monoisotopic (exact) mass is 1450 g/mol. The summed E-state index contributed by atoms with van der Waals surface area (Å²) < 4.78 is 70.0. The molecular formula is C66H64N6O24P2S2. The maximum atomic E-state index is 12.2. The Morgan fingerprint density at radius 2 is 0.540 bits per heavy atom. The molecule has 0 bridgehead atoms. The van der Waals surface area contributed by atoms with Crippen LogP contribution in [0.25, 0.3) is 0 Å². The third-order valence-electron chi connectivity index (χ3n) is 11.0. The molecule has 6 rings (SSSR count). The number of carbonyl (C=O) groups is 7. The third kappa shape index (κ3) is 31.8. The van der Waals surface area contributed by atoms with Crippen molar-refractivity contribution in [1.29, 1.82) is 0 Å². The van der Waals surface area contributed by atoms with Gasteiger partial charge in [-0.25, -0.2) is 47.9 Å². The number of esters is 4. The highest BCUT2D eigenvalue weighted by Crippen LogP contribution is 2.52.